The molecule has 8 aromatic heterocycles. The van der Waals surface area contributed by atoms with Gasteiger partial charge in [0.05, 0.1) is 71.8 Å². The van der Waals surface area contributed by atoms with Crippen molar-refractivity contribution in [2.24, 2.45) is 7.05 Å². The second-order valence-corrected chi connectivity index (χ2v) is 33.6. The first-order chi connectivity index (χ1) is 62.0. The third kappa shape index (κ3) is 24.7. The third-order valence-electron chi connectivity index (χ3n) is 20.7. The highest BCUT2D eigenvalue weighted by atomic mass is 35.5. The number of ether oxygens (including phenoxy) is 6. The normalized spacial score (nSPS) is 14.3. The lowest BCUT2D eigenvalue weighted by Gasteiger charge is -2.35. The Balaban J connectivity index is 0.000000168. The Morgan fingerprint density at radius 1 is 0.438 bits per heavy atom. The van der Waals surface area contributed by atoms with E-state index in [1.54, 1.807) is 97.1 Å². The summed E-state index contributed by atoms with van der Waals surface area (Å²) >= 11 is 25.3. The van der Waals surface area contributed by atoms with Gasteiger partial charge in [-0.05, 0) is 159 Å². The zero-order chi connectivity index (χ0) is 94.1. The predicted octanol–water partition coefficient (Wildman–Crippen LogP) is 16.4. The fourth-order valence-corrected chi connectivity index (χ4v) is 14.6. The van der Waals surface area contributed by atoms with Crippen molar-refractivity contribution < 1.29 is 47.6 Å². The molecule has 3 atom stereocenters. The lowest BCUT2D eigenvalue weighted by molar-refractivity contribution is -0.121. The Labute approximate surface area is 771 Å². The molecule has 5 N–H and O–H groups in total. The minimum atomic E-state index is -0.295. The summed E-state index contributed by atoms with van der Waals surface area (Å²) in [5.41, 5.74) is 4.88. The Hall–Kier alpha value is -12.6. The first-order valence-electron chi connectivity index (χ1n) is 42.7. The van der Waals surface area contributed by atoms with E-state index < -0.39 is 0 Å². The van der Waals surface area contributed by atoms with E-state index in [0.29, 0.717) is 126 Å². The third-order valence-corrected chi connectivity index (χ3v) is 21.8. The Kier molecular flexibility index (Phi) is 33.6. The van der Waals surface area contributed by atoms with Gasteiger partial charge in [-0.3, -0.25) is 38.4 Å². The molecular formula is C92H108Cl4N20O14. The molecule has 2 fully saturated rings. The summed E-state index contributed by atoms with van der Waals surface area (Å²) in [7, 11) is 7.07. The van der Waals surface area contributed by atoms with Crippen molar-refractivity contribution in [3.8, 4) is 23.0 Å². The van der Waals surface area contributed by atoms with Crippen LogP contribution in [-0.2, 0) is 35.7 Å². The summed E-state index contributed by atoms with van der Waals surface area (Å²) in [4.78, 5) is 139. The minimum Gasteiger partial charge on any atom is -0.480 e. The number of nitrogens with one attached hydrogen (secondary N) is 5. The van der Waals surface area contributed by atoms with Gasteiger partial charge in [-0.15, -0.1) is 0 Å². The van der Waals surface area contributed by atoms with Gasteiger partial charge >= 0.3 is 0 Å². The largest absolute Gasteiger partial charge is 0.480 e. The van der Waals surface area contributed by atoms with Crippen LogP contribution in [0, 0.1) is 0 Å². The standard InChI is InChI=1S/C26H32ClN5O4.C25H30ClN5O4.C21H24ClN5O3.C20H22ClN5O3/c1-6-20(33)14-35-23-10-18-9-19(7-8-22(18)32(15(2)3)25(23)34)29-24-21(27)11-28-26(30-24)31-12-16(4)36-17(5)13-31;1-5-19(32)14-35-22-11-17-10-18(6-7-21(17)31(15(2)3)24(22)33)28-23-20(26)12-27-25(29-23)30-8-9-34-16(4)13-30;1-5-15(28)11-30-18-9-13-8-14(6-7-17(13)27(12(2)3)20(18)29)25-19-16(22)10-24-21(23-4)26-19;1-5-14(27)11-29-17-9-12-8-13(6-7-16(12)26(4)19(17)28)23-18-15(21)10-22-20(24-18)25(2)3/h7-11,15-17H,6,12-14H2,1-5H3,(H,28,29,30);6-7,10-12,15-16H,5,8-9,13-14H2,1-4H3,(H,27,28,29);6-10,12H,5,11H2,1-4H3,(H2,23,24,25,26);6-10H,5,11H2,1-4H3,(H,22,23,24)/t16-,17?;16-;;/m00../s1. The molecular weight excluding hydrogens is 1750 g/mol. The zero-order valence-electron chi connectivity index (χ0n) is 75.6. The highest BCUT2D eigenvalue weighted by Gasteiger charge is 2.27. The number of aryl methyl sites for hydroxylation is 1. The number of hydrogen-bond acceptors (Lipinski definition) is 30. The van der Waals surface area contributed by atoms with Crippen molar-refractivity contribution in [2.75, 3.05) is 122 Å². The number of pyridine rings is 4. The first-order valence-corrected chi connectivity index (χ1v) is 44.2. The van der Waals surface area contributed by atoms with Crippen LogP contribution in [-0.4, -0.2) is 180 Å². The molecule has 0 aliphatic carbocycles. The number of Topliss-reactive ketones (excluding diaryl/α,β-unsaturated/α-hetero) is 4. The van der Waals surface area contributed by atoms with E-state index in [4.69, 9.17) is 74.8 Å². The maximum Gasteiger partial charge on any atom is 0.293 e. The molecule has 2 saturated heterocycles. The topological polar surface area (TPSA) is 385 Å². The van der Waals surface area contributed by atoms with Crippen LogP contribution >= 0.6 is 46.4 Å². The Morgan fingerprint density at radius 2 is 0.762 bits per heavy atom. The van der Waals surface area contributed by atoms with Crippen LogP contribution in [0.2, 0.25) is 20.1 Å². The van der Waals surface area contributed by atoms with Crippen molar-refractivity contribution in [3.63, 3.8) is 0 Å². The quantitative estimate of drug-likeness (QED) is 0.0269. The molecule has 38 heteroatoms. The molecule has 0 bridgehead atoms. The highest BCUT2D eigenvalue weighted by molar-refractivity contribution is 6.34. The smallest absolute Gasteiger partial charge is 0.293 e. The molecule has 2 aliphatic rings. The molecule has 34 nitrogen and oxygen atoms in total. The number of nitrogens with zero attached hydrogens (tertiary/aromatic N) is 15. The Morgan fingerprint density at radius 3 is 1.12 bits per heavy atom. The molecule has 10 heterocycles. The highest BCUT2D eigenvalue weighted by Crippen LogP contribution is 2.35. The van der Waals surface area contributed by atoms with Crippen LogP contribution in [0.5, 0.6) is 23.0 Å². The van der Waals surface area contributed by atoms with E-state index in [1.807, 2.05) is 149 Å². The molecule has 1 unspecified atom stereocenters. The van der Waals surface area contributed by atoms with Gasteiger partial charge in [0.25, 0.3) is 22.2 Å². The van der Waals surface area contributed by atoms with E-state index in [1.165, 1.54) is 17.0 Å². The molecule has 688 valence electrons. The number of carbonyl (C=O) groups excluding carboxylic acids is 4. The summed E-state index contributed by atoms with van der Waals surface area (Å²) in [6.07, 6.45) is 7.89. The number of rotatable bonds is 31. The molecule has 4 aromatic carbocycles. The molecule has 0 saturated carbocycles. The van der Waals surface area contributed by atoms with Crippen molar-refractivity contribution in [2.45, 2.75) is 152 Å². The SMILES string of the molecule is CCC(=O)COc1cc2cc(Nc3nc(N(C)C)ncc3Cl)ccc2n(C)c1=O.CCC(=O)COc1cc2cc(Nc3nc(N4CC(C)O[C@@H](C)C4)ncc3Cl)ccc2n(C(C)C)c1=O.CCC(=O)COc1cc2cc(Nc3nc(N4CCO[C@@H](C)C4)ncc3Cl)ccc2n(C(C)C)c1=O.CCC(=O)COc1cc2cc(Nc3nc(NC)ncc3Cl)ccc2n(C(C)C)c1=O. The summed E-state index contributed by atoms with van der Waals surface area (Å²) in [6, 6.07) is 28.8. The number of aromatic nitrogens is 12. The molecule has 0 spiro atoms. The molecule has 130 heavy (non-hydrogen) atoms. The van der Waals surface area contributed by atoms with Gasteiger partial charge in [0, 0.05) is 142 Å². The number of anilines is 12. The Bertz CT molecular complexity index is 6400. The maximum absolute atomic E-state index is 13.0. The zero-order valence-corrected chi connectivity index (χ0v) is 78.7. The fraction of sp³-hybridized carbons (Fsp3) is 0.391. The molecule has 0 radical (unpaired) electrons. The molecule has 2 aliphatic heterocycles. The van der Waals surface area contributed by atoms with E-state index >= 15 is 0 Å². The van der Waals surface area contributed by atoms with E-state index in [9.17, 15) is 38.4 Å². The maximum atomic E-state index is 13.0. The number of carbonyl (C=O) groups is 4. The van der Waals surface area contributed by atoms with Crippen molar-refractivity contribution in [3.05, 3.63) is 183 Å². The van der Waals surface area contributed by atoms with Crippen molar-refractivity contribution in [1.82, 2.24) is 58.1 Å². The van der Waals surface area contributed by atoms with Crippen LogP contribution < -0.4 is 82.5 Å². The van der Waals surface area contributed by atoms with Gasteiger partial charge in [-0.1, -0.05) is 74.1 Å². The van der Waals surface area contributed by atoms with Crippen molar-refractivity contribution in [1.29, 1.82) is 0 Å². The second kappa shape index (κ2) is 44.6. The van der Waals surface area contributed by atoms with Crippen LogP contribution in [0.4, 0.5) is 69.8 Å². The van der Waals surface area contributed by atoms with E-state index in [2.05, 4.69) is 76.3 Å². The van der Waals surface area contributed by atoms with Gasteiger partial charge in [0.1, 0.15) is 46.5 Å². The van der Waals surface area contributed by atoms with Crippen LogP contribution in [0.3, 0.4) is 0 Å². The van der Waals surface area contributed by atoms with Gasteiger partial charge < -0.3 is 88.0 Å². The van der Waals surface area contributed by atoms with Crippen molar-refractivity contribution >= 4 is 183 Å². The number of benzene rings is 4. The van der Waals surface area contributed by atoms with Gasteiger partial charge in [0.15, 0.2) is 69.4 Å². The first kappa shape index (κ1) is 98.0. The molecule has 0 amide bonds. The molecule has 14 rings (SSSR count). The summed E-state index contributed by atoms with van der Waals surface area (Å²) in [5, 5.41) is 20.5. The average Bonchev–Trinajstić information content (AvgIpc) is 0.786. The average molecular weight is 1860 g/mol. The number of ketones is 4. The summed E-state index contributed by atoms with van der Waals surface area (Å²) < 4.78 is 40.1. The van der Waals surface area contributed by atoms with E-state index in [-0.39, 0.29) is 131 Å². The van der Waals surface area contributed by atoms with Gasteiger partial charge in [0.2, 0.25) is 23.8 Å². The van der Waals surface area contributed by atoms with Gasteiger partial charge in [-0.25, -0.2) is 19.9 Å². The summed E-state index contributed by atoms with van der Waals surface area (Å²) in [5.74, 6) is 4.31. The van der Waals surface area contributed by atoms with E-state index in [0.717, 1.165) is 66.4 Å². The number of morpholine rings is 2. The van der Waals surface area contributed by atoms with Crippen LogP contribution in [0.25, 0.3) is 43.6 Å². The van der Waals surface area contributed by atoms with Crippen LogP contribution in [0.1, 0.15) is 134 Å². The lowest BCUT2D eigenvalue weighted by Crippen LogP contribution is -2.46. The minimum absolute atomic E-state index is 0.0696. The molecule has 12 aromatic rings. The number of halogens is 4. The summed E-state index contributed by atoms with van der Waals surface area (Å²) in [6.45, 7) is 27.6. The van der Waals surface area contributed by atoms with Gasteiger partial charge in [-0.2, -0.15) is 19.9 Å². The monoisotopic (exact) mass is 1860 g/mol. The predicted molar refractivity (Wildman–Crippen MR) is 513 cm³/mol. The fourth-order valence-electron chi connectivity index (χ4n) is 14.0. The number of fused-ring (bicyclic) bond motifs is 4. The lowest BCUT2D eigenvalue weighted by atomic mass is 10.1. The number of hydrogen-bond donors (Lipinski definition) is 5. The van der Waals surface area contributed by atoms with Crippen LogP contribution in [0.15, 0.2) is 141 Å². The second-order valence-electron chi connectivity index (χ2n) is 31.9.